The monoisotopic (exact) mass is 397 g/mol. The van der Waals surface area contributed by atoms with Crippen LogP contribution in [-0.4, -0.2) is 48.7 Å². The van der Waals surface area contributed by atoms with Crippen LogP contribution in [0.1, 0.15) is 12.0 Å². The number of aromatic nitrogens is 1. The minimum Gasteiger partial charge on any atom is -0.495 e. The maximum Gasteiger partial charge on any atom is 0.322 e. The number of urea groups is 1. The van der Waals surface area contributed by atoms with Gasteiger partial charge in [-0.25, -0.2) is 9.78 Å². The van der Waals surface area contributed by atoms with Crippen molar-refractivity contribution in [2.24, 2.45) is 5.92 Å². The molecule has 2 aromatic rings. The van der Waals surface area contributed by atoms with E-state index in [0.29, 0.717) is 27.9 Å². The van der Waals surface area contributed by atoms with Crippen molar-refractivity contribution in [2.75, 3.05) is 37.0 Å². The SMILES string of the molecule is COc1ccc(Cl)cc1NC(=O)N1CCC2CN(c3ccc(C#N)cn3)CC21. The summed E-state index contributed by atoms with van der Waals surface area (Å²) in [6.07, 6.45) is 2.54. The maximum atomic E-state index is 12.9. The van der Waals surface area contributed by atoms with Gasteiger partial charge in [0.25, 0.3) is 0 Å². The van der Waals surface area contributed by atoms with Crippen LogP contribution in [0.2, 0.25) is 5.02 Å². The molecule has 7 nitrogen and oxygen atoms in total. The molecule has 2 unspecified atom stereocenters. The molecular weight excluding hydrogens is 378 g/mol. The fourth-order valence-electron chi connectivity index (χ4n) is 4.00. The maximum absolute atomic E-state index is 12.9. The van der Waals surface area contributed by atoms with Crippen molar-refractivity contribution in [3.63, 3.8) is 0 Å². The van der Waals surface area contributed by atoms with Crippen LogP contribution in [0.3, 0.4) is 0 Å². The van der Waals surface area contributed by atoms with Crippen molar-refractivity contribution in [3.05, 3.63) is 47.1 Å². The van der Waals surface area contributed by atoms with Gasteiger partial charge in [-0.3, -0.25) is 0 Å². The molecule has 2 amide bonds. The molecule has 2 saturated heterocycles. The number of likely N-dealkylation sites (tertiary alicyclic amines) is 1. The van der Waals surface area contributed by atoms with E-state index in [9.17, 15) is 4.79 Å². The summed E-state index contributed by atoms with van der Waals surface area (Å²) in [4.78, 5) is 21.4. The number of amides is 2. The number of ether oxygens (including phenoxy) is 1. The zero-order valence-corrected chi connectivity index (χ0v) is 16.2. The third kappa shape index (κ3) is 3.43. The lowest BCUT2D eigenvalue weighted by Crippen LogP contribution is -2.42. The molecule has 0 spiro atoms. The number of pyridine rings is 1. The highest BCUT2D eigenvalue weighted by molar-refractivity contribution is 6.31. The van der Waals surface area contributed by atoms with E-state index in [-0.39, 0.29) is 12.1 Å². The molecule has 1 N–H and O–H groups in total. The Morgan fingerprint density at radius 3 is 2.93 bits per heavy atom. The number of fused-ring (bicyclic) bond motifs is 1. The van der Waals surface area contributed by atoms with E-state index in [1.54, 1.807) is 37.6 Å². The summed E-state index contributed by atoms with van der Waals surface area (Å²) >= 11 is 6.06. The number of carbonyl (C=O) groups excluding carboxylic acids is 1. The van der Waals surface area contributed by atoms with E-state index >= 15 is 0 Å². The van der Waals surface area contributed by atoms with Gasteiger partial charge in [0.15, 0.2) is 0 Å². The Morgan fingerprint density at radius 1 is 1.36 bits per heavy atom. The number of hydrogen-bond acceptors (Lipinski definition) is 5. The second-order valence-electron chi connectivity index (χ2n) is 7.01. The number of carbonyl (C=O) groups is 1. The van der Waals surface area contributed by atoms with Gasteiger partial charge in [-0.1, -0.05) is 11.6 Å². The second-order valence-corrected chi connectivity index (χ2v) is 7.44. The summed E-state index contributed by atoms with van der Waals surface area (Å²) in [5.41, 5.74) is 1.10. The summed E-state index contributed by atoms with van der Waals surface area (Å²) in [6, 6.07) is 10.8. The molecular formula is C20H20ClN5O2. The van der Waals surface area contributed by atoms with Crippen molar-refractivity contribution < 1.29 is 9.53 Å². The molecule has 2 fully saturated rings. The summed E-state index contributed by atoms with van der Waals surface area (Å²) in [5.74, 6) is 1.82. The van der Waals surface area contributed by atoms with E-state index in [1.165, 1.54) is 0 Å². The number of nitriles is 1. The smallest absolute Gasteiger partial charge is 0.322 e. The lowest BCUT2D eigenvalue weighted by molar-refractivity contribution is 0.206. The first-order valence-corrected chi connectivity index (χ1v) is 9.49. The van der Waals surface area contributed by atoms with Gasteiger partial charge in [-0.05, 0) is 36.8 Å². The zero-order chi connectivity index (χ0) is 19.7. The first kappa shape index (κ1) is 18.4. The predicted octanol–water partition coefficient (Wildman–Crippen LogP) is 3.36. The number of anilines is 2. The van der Waals surface area contributed by atoms with Gasteiger partial charge in [0, 0.05) is 36.8 Å². The molecule has 28 heavy (non-hydrogen) atoms. The largest absolute Gasteiger partial charge is 0.495 e. The van der Waals surface area contributed by atoms with Gasteiger partial charge in [0.2, 0.25) is 0 Å². The summed E-state index contributed by atoms with van der Waals surface area (Å²) < 4.78 is 5.31. The molecule has 8 heteroatoms. The van der Waals surface area contributed by atoms with Crippen molar-refractivity contribution in [1.82, 2.24) is 9.88 Å². The molecule has 0 aliphatic carbocycles. The number of methoxy groups -OCH3 is 1. The molecule has 2 aliphatic heterocycles. The van der Waals surface area contributed by atoms with Crippen LogP contribution >= 0.6 is 11.6 Å². The Balaban J connectivity index is 1.46. The third-order valence-electron chi connectivity index (χ3n) is 5.41. The van der Waals surface area contributed by atoms with E-state index < -0.39 is 0 Å². The highest BCUT2D eigenvalue weighted by Crippen LogP contribution is 2.35. The Bertz CT molecular complexity index is 927. The lowest BCUT2D eigenvalue weighted by Gasteiger charge is -2.26. The van der Waals surface area contributed by atoms with E-state index in [2.05, 4.69) is 21.3 Å². The van der Waals surface area contributed by atoms with Gasteiger partial charge in [-0.2, -0.15) is 5.26 Å². The Labute approximate surface area is 168 Å². The quantitative estimate of drug-likeness (QED) is 0.858. The first-order valence-electron chi connectivity index (χ1n) is 9.11. The van der Waals surface area contributed by atoms with Gasteiger partial charge >= 0.3 is 6.03 Å². The predicted molar refractivity (Wildman–Crippen MR) is 107 cm³/mol. The van der Waals surface area contributed by atoms with Crippen LogP contribution < -0.4 is 15.0 Å². The van der Waals surface area contributed by atoms with Crippen LogP contribution in [0.5, 0.6) is 5.75 Å². The van der Waals surface area contributed by atoms with E-state index in [4.69, 9.17) is 21.6 Å². The van der Waals surface area contributed by atoms with Crippen LogP contribution in [0.4, 0.5) is 16.3 Å². The van der Waals surface area contributed by atoms with Crippen molar-refractivity contribution in [1.29, 1.82) is 5.26 Å². The molecule has 2 atom stereocenters. The topological polar surface area (TPSA) is 81.5 Å². The molecule has 1 aromatic carbocycles. The minimum absolute atomic E-state index is 0.127. The number of nitrogens with zero attached hydrogens (tertiary/aromatic N) is 4. The van der Waals surface area contributed by atoms with Crippen molar-refractivity contribution >= 4 is 29.1 Å². The van der Waals surface area contributed by atoms with Crippen LogP contribution in [-0.2, 0) is 0 Å². The van der Waals surface area contributed by atoms with Gasteiger partial charge in [-0.15, -0.1) is 0 Å². The molecule has 144 valence electrons. The zero-order valence-electron chi connectivity index (χ0n) is 15.4. The number of benzene rings is 1. The standard InChI is InChI=1S/C20H20ClN5O2/c1-28-18-4-3-15(21)8-16(18)24-20(27)26-7-6-14-11-25(12-17(14)26)19-5-2-13(9-22)10-23-19/h2-5,8,10,14,17H,6-7,11-12H2,1H3,(H,24,27). The summed E-state index contributed by atoms with van der Waals surface area (Å²) in [6.45, 7) is 2.30. The van der Waals surface area contributed by atoms with E-state index in [1.807, 2.05) is 11.0 Å². The third-order valence-corrected chi connectivity index (χ3v) is 5.65. The minimum atomic E-state index is -0.150. The van der Waals surface area contributed by atoms with Gasteiger partial charge < -0.3 is 19.9 Å². The lowest BCUT2D eigenvalue weighted by atomic mass is 10.1. The second kappa shape index (κ2) is 7.56. The molecule has 2 aliphatic rings. The van der Waals surface area contributed by atoms with Crippen LogP contribution in [0.25, 0.3) is 0 Å². The summed E-state index contributed by atoms with van der Waals surface area (Å²) in [7, 11) is 1.56. The fourth-order valence-corrected chi connectivity index (χ4v) is 4.18. The van der Waals surface area contributed by atoms with E-state index in [0.717, 1.165) is 31.9 Å². The fraction of sp³-hybridized carbons (Fsp3) is 0.350. The molecule has 0 radical (unpaired) electrons. The van der Waals surface area contributed by atoms with Crippen LogP contribution in [0.15, 0.2) is 36.5 Å². The molecule has 0 bridgehead atoms. The first-order chi connectivity index (χ1) is 13.6. The highest BCUT2D eigenvalue weighted by Gasteiger charge is 2.43. The number of hydrogen-bond donors (Lipinski definition) is 1. The number of halogens is 1. The normalized spacial score (nSPS) is 20.6. The van der Waals surface area contributed by atoms with Crippen molar-refractivity contribution in [3.8, 4) is 11.8 Å². The molecule has 1 aromatic heterocycles. The van der Waals surface area contributed by atoms with Gasteiger partial charge in [0.05, 0.1) is 24.4 Å². The number of nitrogens with one attached hydrogen (secondary N) is 1. The average Bonchev–Trinajstić information content (AvgIpc) is 3.29. The molecule has 3 heterocycles. The van der Waals surface area contributed by atoms with Crippen molar-refractivity contribution in [2.45, 2.75) is 12.5 Å². The van der Waals surface area contributed by atoms with Gasteiger partial charge in [0.1, 0.15) is 17.6 Å². The Kier molecular flexibility index (Phi) is 4.97. The molecule has 4 rings (SSSR count). The van der Waals surface area contributed by atoms with Crippen LogP contribution in [0, 0.1) is 17.2 Å². The number of rotatable bonds is 3. The molecule has 0 saturated carbocycles. The Hall–Kier alpha value is -2.98. The average molecular weight is 398 g/mol. The Morgan fingerprint density at radius 2 is 2.21 bits per heavy atom. The highest BCUT2D eigenvalue weighted by atomic mass is 35.5. The summed E-state index contributed by atoms with van der Waals surface area (Å²) in [5, 5.41) is 12.4.